The number of benzene rings is 1. The molecule has 1 aliphatic heterocycles. The molecule has 6 heteroatoms. The highest BCUT2D eigenvalue weighted by Crippen LogP contribution is 2.29. The average molecular weight is 378 g/mol. The van der Waals surface area contributed by atoms with Gasteiger partial charge in [0.05, 0.1) is 6.04 Å². The van der Waals surface area contributed by atoms with Gasteiger partial charge in [-0.25, -0.2) is 0 Å². The lowest BCUT2D eigenvalue weighted by molar-refractivity contribution is 0.0799. The summed E-state index contributed by atoms with van der Waals surface area (Å²) in [6.07, 6.45) is 0. The van der Waals surface area contributed by atoms with Crippen molar-refractivity contribution in [2.24, 2.45) is 0 Å². The Labute approximate surface area is 158 Å². The summed E-state index contributed by atoms with van der Waals surface area (Å²) in [5, 5.41) is 5.85. The smallest absolute Gasteiger partial charge is 0.251 e. The van der Waals surface area contributed by atoms with Crippen LogP contribution in [0.1, 0.15) is 28.2 Å². The second-order valence-electron chi connectivity index (χ2n) is 6.57. The Morgan fingerprint density at radius 1 is 1.20 bits per heavy atom. The van der Waals surface area contributed by atoms with Crippen LogP contribution in [0.15, 0.2) is 41.8 Å². The molecule has 0 unspecified atom stereocenters. The maximum absolute atomic E-state index is 12.6. The van der Waals surface area contributed by atoms with E-state index in [-0.39, 0.29) is 18.0 Å². The lowest BCUT2D eigenvalue weighted by Crippen LogP contribution is -2.51. The van der Waals surface area contributed by atoms with Crippen LogP contribution in [0, 0.1) is 0 Å². The van der Waals surface area contributed by atoms with Gasteiger partial charge in [-0.05, 0) is 43.6 Å². The van der Waals surface area contributed by atoms with Crippen LogP contribution in [-0.2, 0) is 0 Å². The second-order valence-corrected chi connectivity index (χ2v) is 7.99. The summed E-state index contributed by atoms with van der Waals surface area (Å²) in [7, 11) is 2.15. The highest BCUT2D eigenvalue weighted by atomic mass is 35.5. The number of halogens is 1. The molecule has 0 radical (unpaired) electrons. The molecule has 1 aromatic carbocycles. The Balaban J connectivity index is 1.75. The molecule has 4 nitrogen and oxygen atoms in total. The molecule has 0 saturated carbocycles. The molecule has 3 rings (SSSR count). The molecule has 25 heavy (non-hydrogen) atoms. The Morgan fingerprint density at radius 2 is 1.96 bits per heavy atom. The van der Waals surface area contributed by atoms with Crippen LogP contribution < -0.4 is 5.32 Å². The third kappa shape index (κ3) is 4.61. The maximum atomic E-state index is 12.6. The summed E-state index contributed by atoms with van der Waals surface area (Å²) in [5.74, 6) is -0.0781. The van der Waals surface area contributed by atoms with E-state index in [1.54, 1.807) is 35.6 Å². The number of carbonyl (C=O) groups excluding carboxylic acids is 1. The van der Waals surface area contributed by atoms with E-state index in [0.717, 1.165) is 26.2 Å². The number of nitrogens with one attached hydrogen (secondary N) is 1. The van der Waals surface area contributed by atoms with Gasteiger partial charge in [-0.15, -0.1) is 11.3 Å². The van der Waals surface area contributed by atoms with E-state index in [9.17, 15) is 4.79 Å². The lowest BCUT2D eigenvalue weighted by atomic mass is 10.0. The second kappa shape index (κ2) is 8.32. The zero-order valence-electron chi connectivity index (χ0n) is 14.6. The van der Waals surface area contributed by atoms with E-state index in [1.165, 1.54) is 4.88 Å². The predicted molar refractivity (Wildman–Crippen MR) is 105 cm³/mol. The van der Waals surface area contributed by atoms with E-state index >= 15 is 0 Å². The highest BCUT2D eigenvalue weighted by Gasteiger charge is 2.30. The summed E-state index contributed by atoms with van der Waals surface area (Å²) < 4.78 is 0. The van der Waals surface area contributed by atoms with Crippen LogP contribution >= 0.6 is 22.9 Å². The van der Waals surface area contributed by atoms with Gasteiger partial charge < -0.3 is 10.2 Å². The van der Waals surface area contributed by atoms with Gasteiger partial charge in [-0.2, -0.15) is 0 Å². The van der Waals surface area contributed by atoms with Crippen LogP contribution in [0.2, 0.25) is 5.02 Å². The number of thiophene rings is 1. The minimum atomic E-state index is -0.0781. The molecule has 1 N–H and O–H groups in total. The average Bonchev–Trinajstić information content (AvgIpc) is 3.11. The molecule has 2 atom stereocenters. The van der Waals surface area contributed by atoms with Crippen LogP contribution in [-0.4, -0.2) is 55.0 Å². The largest absolute Gasteiger partial charge is 0.348 e. The van der Waals surface area contributed by atoms with E-state index in [1.807, 2.05) is 0 Å². The standard InChI is InChI=1S/C19H24ClN3OS/c1-14(21-19(24)15-5-3-6-16(20)13-15)18(17-7-4-12-25-17)23-10-8-22(2)9-11-23/h3-7,12-14,18H,8-11H2,1-2H3,(H,21,24)/t14-,18+/m0/s1. The SMILES string of the molecule is C[C@H](NC(=O)c1cccc(Cl)c1)[C@H](c1cccs1)N1CCN(C)CC1. The van der Waals surface area contributed by atoms with Crippen LogP contribution in [0.4, 0.5) is 0 Å². The molecule has 1 aliphatic rings. The molecule has 2 heterocycles. The molecule has 0 bridgehead atoms. The van der Waals surface area contributed by atoms with Crippen molar-refractivity contribution < 1.29 is 4.79 Å². The number of hydrogen-bond acceptors (Lipinski definition) is 4. The molecule has 0 aliphatic carbocycles. The Kier molecular flexibility index (Phi) is 6.12. The third-order valence-electron chi connectivity index (χ3n) is 4.69. The molecule has 1 amide bonds. The van der Waals surface area contributed by atoms with Crippen molar-refractivity contribution in [3.05, 3.63) is 57.2 Å². The van der Waals surface area contributed by atoms with Crippen molar-refractivity contribution >= 4 is 28.8 Å². The summed E-state index contributed by atoms with van der Waals surface area (Å²) >= 11 is 7.76. The summed E-state index contributed by atoms with van der Waals surface area (Å²) in [6.45, 7) is 6.21. The molecule has 1 fully saturated rings. The summed E-state index contributed by atoms with van der Waals surface area (Å²) in [5.41, 5.74) is 0.600. The lowest BCUT2D eigenvalue weighted by Gasteiger charge is -2.40. The van der Waals surface area contributed by atoms with Crippen molar-refractivity contribution in [1.82, 2.24) is 15.1 Å². The summed E-state index contributed by atoms with van der Waals surface area (Å²) in [4.78, 5) is 18.7. The van der Waals surface area contributed by atoms with Gasteiger partial charge in [0.2, 0.25) is 0 Å². The van der Waals surface area contributed by atoms with Crippen molar-refractivity contribution in [1.29, 1.82) is 0 Å². The number of likely N-dealkylation sites (N-methyl/N-ethyl adjacent to an activating group) is 1. The molecule has 134 valence electrons. The molecule has 1 saturated heterocycles. The number of hydrogen-bond donors (Lipinski definition) is 1. The highest BCUT2D eigenvalue weighted by molar-refractivity contribution is 7.10. The first-order chi connectivity index (χ1) is 12.0. The van der Waals surface area contributed by atoms with E-state index in [0.29, 0.717) is 10.6 Å². The van der Waals surface area contributed by atoms with Gasteiger partial charge in [0.1, 0.15) is 0 Å². The van der Waals surface area contributed by atoms with Gasteiger partial charge in [-0.1, -0.05) is 23.7 Å². The Hall–Kier alpha value is -1.40. The van der Waals surface area contributed by atoms with Gasteiger partial charge in [-0.3, -0.25) is 9.69 Å². The van der Waals surface area contributed by atoms with E-state index in [4.69, 9.17) is 11.6 Å². The molecule has 2 aromatic rings. The zero-order chi connectivity index (χ0) is 17.8. The Bertz CT molecular complexity index is 698. The van der Waals surface area contributed by atoms with Crippen LogP contribution in [0.3, 0.4) is 0 Å². The van der Waals surface area contributed by atoms with Gasteiger partial charge in [0.15, 0.2) is 0 Å². The number of amides is 1. The van der Waals surface area contributed by atoms with Crippen molar-refractivity contribution in [3.63, 3.8) is 0 Å². The van der Waals surface area contributed by atoms with Crippen molar-refractivity contribution in [3.8, 4) is 0 Å². The number of nitrogens with zero attached hydrogens (tertiary/aromatic N) is 2. The minimum absolute atomic E-state index is 0.00791. The maximum Gasteiger partial charge on any atom is 0.251 e. The van der Waals surface area contributed by atoms with Crippen molar-refractivity contribution in [2.75, 3.05) is 33.2 Å². The van der Waals surface area contributed by atoms with E-state index in [2.05, 4.69) is 46.6 Å². The molecule has 1 aromatic heterocycles. The number of rotatable bonds is 5. The van der Waals surface area contributed by atoms with Gasteiger partial charge in [0, 0.05) is 47.7 Å². The molecular formula is C19H24ClN3OS. The van der Waals surface area contributed by atoms with E-state index < -0.39 is 0 Å². The quantitative estimate of drug-likeness (QED) is 0.866. The van der Waals surface area contributed by atoms with Crippen LogP contribution in [0.5, 0.6) is 0 Å². The third-order valence-corrected chi connectivity index (χ3v) is 5.86. The minimum Gasteiger partial charge on any atom is -0.348 e. The van der Waals surface area contributed by atoms with Gasteiger partial charge in [0.25, 0.3) is 5.91 Å². The normalized spacial score (nSPS) is 18.7. The van der Waals surface area contributed by atoms with Gasteiger partial charge >= 0.3 is 0 Å². The first-order valence-corrected chi connectivity index (χ1v) is 9.83. The van der Waals surface area contributed by atoms with Crippen LogP contribution in [0.25, 0.3) is 0 Å². The zero-order valence-corrected chi connectivity index (χ0v) is 16.2. The fraction of sp³-hybridized carbons (Fsp3) is 0.421. The van der Waals surface area contributed by atoms with Crippen molar-refractivity contribution in [2.45, 2.75) is 19.0 Å². The number of carbonyl (C=O) groups is 1. The summed E-state index contributed by atoms with van der Waals surface area (Å²) in [6, 6.07) is 11.5. The first kappa shape index (κ1) is 18.4. The fourth-order valence-corrected chi connectivity index (χ4v) is 4.46. The molecule has 0 spiro atoms. The predicted octanol–water partition coefficient (Wildman–Crippen LogP) is 3.51. The number of piperazine rings is 1. The first-order valence-electron chi connectivity index (χ1n) is 8.57. The monoisotopic (exact) mass is 377 g/mol. The molecular weight excluding hydrogens is 354 g/mol. The fourth-order valence-electron chi connectivity index (χ4n) is 3.30. The topological polar surface area (TPSA) is 35.6 Å². The Morgan fingerprint density at radius 3 is 2.60 bits per heavy atom.